The molecule has 5 atom stereocenters. The van der Waals surface area contributed by atoms with Crippen LogP contribution in [0, 0.1) is 11.8 Å². The molecule has 230 valence electrons. The largest absolute Gasteiger partial charge is 0.494 e. The van der Waals surface area contributed by atoms with Gasteiger partial charge in [0.15, 0.2) is 0 Å². The predicted molar refractivity (Wildman–Crippen MR) is 162 cm³/mol. The number of benzene rings is 1. The fraction of sp³-hybridized carbons (Fsp3) is 0.606. The van der Waals surface area contributed by atoms with E-state index in [4.69, 9.17) is 9.47 Å². The summed E-state index contributed by atoms with van der Waals surface area (Å²) in [4.78, 5) is 48.4. The van der Waals surface area contributed by atoms with E-state index in [-0.39, 0.29) is 37.4 Å². The summed E-state index contributed by atoms with van der Waals surface area (Å²) in [6.45, 7) is 18.7. The number of aliphatic hydroxyl groups excluding tert-OH is 1. The highest BCUT2D eigenvalue weighted by atomic mass is 16.5. The van der Waals surface area contributed by atoms with Crippen LogP contribution in [-0.4, -0.2) is 88.3 Å². The van der Waals surface area contributed by atoms with Gasteiger partial charge in [-0.1, -0.05) is 19.1 Å². The fourth-order valence-corrected chi connectivity index (χ4v) is 7.33. The second kappa shape index (κ2) is 12.2. The average molecular weight is 582 g/mol. The van der Waals surface area contributed by atoms with Gasteiger partial charge in [0.25, 0.3) is 0 Å². The van der Waals surface area contributed by atoms with Crippen molar-refractivity contribution < 1.29 is 29.0 Å². The van der Waals surface area contributed by atoms with Crippen molar-refractivity contribution in [2.45, 2.75) is 83.1 Å². The number of aliphatic hydroxyl groups is 1. The van der Waals surface area contributed by atoms with Crippen molar-refractivity contribution in [1.82, 2.24) is 9.80 Å². The van der Waals surface area contributed by atoms with Crippen LogP contribution in [0.3, 0.4) is 0 Å². The molecule has 4 rings (SSSR count). The third-order valence-electron chi connectivity index (χ3n) is 9.16. The van der Waals surface area contributed by atoms with Gasteiger partial charge in [0, 0.05) is 37.5 Å². The first kappa shape index (κ1) is 31.8. The summed E-state index contributed by atoms with van der Waals surface area (Å²) < 4.78 is 12.5. The van der Waals surface area contributed by atoms with E-state index in [1.807, 2.05) is 58.9 Å². The van der Waals surface area contributed by atoms with Crippen molar-refractivity contribution in [1.29, 1.82) is 0 Å². The smallest absolute Gasteiger partial charge is 0.249 e. The zero-order chi connectivity index (χ0) is 30.9. The van der Waals surface area contributed by atoms with E-state index in [0.717, 1.165) is 0 Å². The van der Waals surface area contributed by atoms with Crippen LogP contribution in [0.2, 0.25) is 0 Å². The Kier molecular flexibility index (Phi) is 9.23. The summed E-state index contributed by atoms with van der Waals surface area (Å²) in [6, 6.07) is 6.42. The number of hydrogen-bond donors (Lipinski definition) is 1. The zero-order valence-corrected chi connectivity index (χ0v) is 25.8. The maximum Gasteiger partial charge on any atom is 0.249 e. The zero-order valence-electron chi connectivity index (χ0n) is 25.8. The predicted octanol–water partition coefficient (Wildman–Crippen LogP) is 3.95. The van der Waals surface area contributed by atoms with Crippen LogP contribution >= 0.6 is 0 Å². The number of hydrogen-bond acceptors (Lipinski definition) is 6. The van der Waals surface area contributed by atoms with Gasteiger partial charge < -0.3 is 29.3 Å². The van der Waals surface area contributed by atoms with Gasteiger partial charge in [-0.3, -0.25) is 14.4 Å². The molecule has 9 nitrogen and oxygen atoms in total. The lowest BCUT2D eigenvalue weighted by Gasteiger charge is -2.42. The van der Waals surface area contributed by atoms with Crippen molar-refractivity contribution in [2.75, 3.05) is 37.7 Å². The molecular weight excluding hydrogens is 534 g/mol. The molecule has 1 spiro atoms. The van der Waals surface area contributed by atoms with Crippen LogP contribution in [0.15, 0.2) is 49.6 Å². The first-order valence-corrected chi connectivity index (χ1v) is 15.1. The van der Waals surface area contributed by atoms with E-state index in [9.17, 15) is 19.5 Å². The standard InChI is InChI=1S/C33H47N3O6/c1-8-19-34(23-13-15-24(16-14-23)41-11-4)28(38)25-26-29(39)35(21-12-22-37)27(30(40)36(20-9-2)31(5,6)7)33(26)18-17-32(25,10-3)42-33/h8-9,13-16,25-27,37H,1-2,10-12,17-22H2,3-7H3/t25-,26+,27?,32+,33?/m1/s1. The highest BCUT2D eigenvalue weighted by Gasteiger charge is 2.79. The normalized spacial score (nSPS) is 28.0. The molecule has 2 unspecified atom stereocenters. The Labute approximate surface area is 250 Å². The fourth-order valence-electron chi connectivity index (χ4n) is 7.33. The summed E-state index contributed by atoms with van der Waals surface area (Å²) in [7, 11) is 0. The highest BCUT2D eigenvalue weighted by molar-refractivity contribution is 6.03. The van der Waals surface area contributed by atoms with Crippen molar-refractivity contribution in [3.63, 3.8) is 0 Å². The molecule has 3 saturated heterocycles. The molecule has 2 bridgehead atoms. The van der Waals surface area contributed by atoms with Crippen molar-refractivity contribution in [3.05, 3.63) is 49.6 Å². The Hall–Kier alpha value is -3.17. The van der Waals surface area contributed by atoms with Crippen molar-refractivity contribution in [3.8, 4) is 5.75 Å². The minimum Gasteiger partial charge on any atom is -0.494 e. The number of fused-ring (bicyclic) bond motifs is 1. The van der Waals surface area contributed by atoms with Crippen LogP contribution in [0.25, 0.3) is 0 Å². The van der Waals surface area contributed by atoms with Gasteiger partial charge in [-0.05, 0) is 77.6 Å². The molecule has 42 heavy (non-hydrogen) atoms. The number of ether oxygens (including phenoxy) is 2. The molecule has 9 heteroatoms. The summed E-state index contributed by atoms with van der Waals surface area (Å²) in [5.74, 6) is -1.57. The van der Waals surface area contributed by atoms with E-state index in [1.54, 1.807) is 26.9 Å². The number of amides is 3. The van der Waals surface area contributed by atoms with E-state index < -0.39 is 34.6 Å². The number of nitrogens with zero attached hydrogens (tertiary/aromatic N) is 3. The van der Waals surface area contributed by atoms with Crippen LogP contribution in [0.4, 0.5) is 5.69 Å². The summed E-state index contributed by atoms with van der Waals surface area (Å²) in [6.07, 6.45) is 5.29. The van der Waals surface area contributed by atoms with Crippen molar-refractivity contribution in [2.24, 2.45) is 11.8 Å². The maximum absolute atomic E-state index is 14.6. The summed E-state index contributed by atoms with van der Waals surface area (Å²) in [5.41, 5.74) is -1.86. The van der Waals surface area contributed by atoms with E-state index >= 15 is 0 Å². The van der Waals surface area contributed by atoms with Crippen LogP contribution in [0.1, 0.15) is 60.3 Å². The van der Waals surface area contributed by atoms with Gasteiger partial charge >= 0.3 is 0 Å². The number of anilines is 1. The lowest BCUT2D eigenvalue weighted by atomic mass is 9.64. The Morgan fingerprint density at radius 2 is 1.79 bits per heavy atom. The van der Waals surface area contributed by atoms with Crippen LogP contribution in [0.5, 0.6) is 5.75 Å². The van der Waals surface area contributed by atoms with Crippen LogP contribution < -0.4 is 9.64 Å². The molecule has 3 fully saturated rings. The first-order chi connectivity index (χ1) is 20.0. The first-order valence-electron chi connectivity index (χ1n) is 15.1. The quantitative estimate of drug-likeness (QED) is 0.354. The average Bonchev–Trinajstić information content (AvgIpc) is 3.56. The van der Waals surface area contributed by atoms with E-state index in [1.165, 1.54) is 0 Å². The molecule has 1 aromatic carbocycles. The Balaban J connectivity index is 1.80. The molecule has 3 aliphatic rings. The molecule has 3 aliphatic heterocycles. The lowest BCUT2D eigenvalue weighted by Crippen LogP contribution is -2.60. The topological polar surface area (TPSA) is 99.6 Å². The molecule has 0 aromatic heterocycles. The monoisotopic (exact) mass is 581 g/mol. The van der Waals surface area contributed by atoms with Gasteiger partial charge in [0.05, 0.1) is 24.0 Å². The summed E-state index contributed by atoms with van der Waals surface area (Å²) >= 11 is 0. The number of carbonyl (C=O) groups is 3. The second-order valence-electron chi connectivity index (χ2n) is 12.5. The molecule has 3 amide bonds. The van der Waals surface area contributed by atoms with Gasteiger partial charge in [0.1, 0.15) is 17.4 Å². The number of likely N-dealkylation sites (tertiary alicyclic amines) is 1. The Morgan fingerprint density at radius 1 is 1.12 bits per heavy atom. The third kappa shape index (κ3) is 5.15. The SMILES string of the molecule is C=CCN(C(=O)[C@H]1[C@H]2C(=O)N(CCCO)C(C(=O)N(CC=C)C(C)(C)C)C23CC[C@]1(CC)O3)c1ccc(OCC)cc1. The Bertz CT molecular complexity index is 1190. The maximum atomic E-state index is 14.6. The molecule has 1 N–H and O–H groups in total. The molecular formula is C33H47N3O6. The van der Waals surface area contributed by atoms with Crippen LogP contribution in [-0.2, 0) is 19.1 Å². The number of rotatable bonds is 13. The van der Waals surface area contributed by atoms with Gasteiger partial charge in [0.2, 0.25) is 17.7 Å². The van der Waals surface area contributed by atoms with Crippen molar-refractivity contribution >= 4 is 23.4 Å². The molecule has 0 radical (unpaired) electrons. The highest BCUT2D eigenvalue weighted by Crippen LogP contribution is 2.64. The summed E-state index contributed by atoms with van der Waals surface area (Å²) in [5, 5.41) is 9.67. The van der Waals surface area contributed by atoms with E-state index in [0.29, 0.717) is 50.3 Å². The minimum atomic E-state index is -1.14. The molecule has 1 aromatic rings. The Morgan fingerprint density at radius 3 is 2.33 bits per heavy atom. The second-order valence-corrected chi connectivity index (χ2v) is 12.5. The molecule has 0 aliphatic carbocycles. The van der Waals surface area contributed by atoms with Gasteiger partial charge in [-0.2, -0.15) is 0 Å². The molecule has 0 saturated carbocycles. The molecule has 3 heterocycles. The lowest BCUT2D eigenvalue weighted by molar-refractivity contribution is -0.155. The third-order valence-corrected chi connectivity index (χ3v) is 9.16. The van der Waals surface area contributed by atoms with Gasteiger partial charge in [-0.15, -0.1) is 13.2 Å². The number of carbonyl (C=O) groups excluding carboxylic acids is 3. The van der Waals surface area contributed by atoms with Gasteiger partial charge in [-0.25, -0.2) is 0 Å². The van der Waals surface area contributed by atoms with E-state index in [2.05, 4.69) is 13.2 Å². The minimum absolute atomic E-state index is 0.120.